The number of carboxylic acids is 1. The van der Waals surface area contributed by atoms with Crippen LogP contribution in [-0.2, 0) is 9.59 Å². The Morgan fingerprint density at radius 1 is 1.50 bits per heavy atom. The third kappa shape index (κ3) is 4.69. The molecule has 0 aromatic rings. The van der Waals surface area contributed by atoms with Crippen LogP contribution in [-0.4, -0.2) is 72.1 Å². The van der Waals surface area contributed by atoms with Crippen LogP contribution < -0.4 is 11.1 Å². The predicted molar refractivity (Wildman–Crippen MR) is 72.0 cm³/mol. The molecule has 1 heterocycles. The van der Waals surface area contributed by atoms with Gasteiger partial charge in [0.1, 0.15) is 6.04 Å². The lowest BCUT2D eigenvalue weighted by molar-refractivity contribution is -0.141. The number of primary amides is 1. The lowest BCUT2D eigenvalue weighted by Gasteiger charge is -2.36. The molecule has 0 spiro atoms. The Morgan fingerprint density at radius 3 is 2.65 bits per heavy atom. The van der Waals surface area contributed by atoms with Crippen molar-refractivity contribution in [3.05, 3.63) is 0 Å². The van der Waals surface area contributed by atoms with Crippen molar-refractivity contribution in [2.45, 2.75) is 31.3 Å². The molecule has 1 aliphatic heterocycles. The molecule has 8 nitrogen and oxygen atoms in total. The molecule has 4 N–H and O–H groups in total. The molecular weight excluding hydrogens is 264 g/mol. The van der Waals surface area contributed by atoms with Gasteiger partial charge < -0.3 is 26.0 Å². The number of likely N-dealkylation sites (N-methyl/N-ethyl adjacent to an activating group) is 2. The Kier molecular flexibility index (Phi) is 5.75. The molecule has 0 radical (unpaired) electrons. The SMILES string of the molecule is CN1CCCC(N(C)C(=O)N[C@@H](CC(N)=O)C(=O)O)C1. The van der Waals surface area contributed by atoms with Gasteiger partial charge in [0.05, 0.1) is 6.42 Å². The monoisotopic (exact) mass is 286 g/mol. The first-order valence-electron chi connectivity index (χ1n) is 6.54. The number of aliphatic carboxylic acids is 1. The second kappa shape index (κ2) is 7.09. The second-order valence-corrected chi connectivity index (χ2v) is 5.18. The van der Waals surface area contributed by atoms with E-state index in [0.717, 1.165) is 25.9 Å². The molecule has 0 saturated carbocycles. The van der Waals surface area contributed by atoms with Gasteiger partial charge in [-0.2, -0.15) is 0 Å². The fourth-order valence-electron chi connectivity index (χ4n) is 2.27. The van der Waals surface area contributed by atoms with Gasteiger partial charge >= 0.3 is 12.0 Å². The Bertz CT molecular complexity index is 388. The maximum absolute atomic E-state index is 12.0. The quantitative estimate of drug-likeness (QED) is 0.602. The second-order valence-electron chi connectivity index (χ2n) is 5.18. The molecule has 0 bridgehead atoms. The molecule has 1 aliphatic rings. The molecule has 1 rings (SSSR count). The first kappa shape index (κ1) is 16.2. The highest BCUT2D eigenvalue weighted by atomic mass is 16.4. The lowest BCUT2D eigenvalue weighted by atomic mass is 10.1. The smallest absolute Gasteiger partial charge is 0.326 e. The molecule has 0 aromatic carbocycles. The van der Waals surface area contributed by atoms with Crippen LogP contribution in [0.15, 0.2) is 0 Å². The number of carboxylic acid groups (broad SMARTS) is 1. The van der Waals surface area contributed by atoms with E-state index in [1.807, 2.05) is 7.05 Å². The predicted octanol–water partition coefficient (Wildman–Crippen LogP) is -0.949. The van der Waals surface area contributed by atoms with Crippen LogP contribution in [0, 0.1) is 0 Å². The minimum Gasteiger partial charge on any atom is -0.480 e. The molecule has 3 amide bonds. The van der Waals surface area contributed by atoms with Crippen molar-refractivity contribution < 1.29 is 19.5 Å². The summed E-state index contributed by atoms with van der Waals surface area (Å²) in [7, 11) is 3.60. The number of carbonyl (C=O) groups is 3. The van der Waals surface area contributed by atoms with E-state index >= 15 is 0 Å². The maximum atomic E-state index is 12.0. The zero-order valence-corrected chi connectivity index (χ0v) is 11.8. The van der Waals surface area contributed by atoms with Gasteiger partial charge in [0.2, 0.25) is 5.91 Å². The van der Waals surface area contributed by atoms with E-state index in [4.69, 9.17) is 10.8 Å². The number of hydrogen-bond acceptors (Lipinski definition) is 4. The average Bonchev–Trinajstić information content (AvgIpc) is 2.36. The average molecular weight is 286 g/mol. The highest BCUT2D eigenvalue weighted by Crippen LogP contribution is 2.13. The van der Waals surface area contributed by atoms with Gasteiger partial charge in [0.15, 0.2) is 0 Å². The van der Waals surface area contributed by atoms with Gasteiger partial charge in [-0.15, -0.1) is 0 Å². The van der Waals surface area contributed by atoms with Crippen LogP contribution in [0.2, 0.25) is 0 Å². The Morgan fingerprint density at radius 2 is 2.15 bits per heavy atom. The summed E-state index contributed by atoms with van der Waals surface area (Å²) >= 11 is 0. The highest BCUT2D eigenvalue weighted by molar-refractivity contribution is 5.87. The number of amides is 3. The number of nitrogens with zero attached hydrogens (tertiary/aromatic N) is 2. The maximum Gasteiger partial charge on any atom is 0.326 e. The molecule has 8 heteroatoms. The number of piperidine rings is 1. The molecule has 1 unspecified atom stereocenters. The van der Waals surface area contributed by atoms with Gasteiger partial charge in [-0.05, 0) is 26.4 Å². The van der Waals surface area contributed by atoms with Gasteiger partial charge in [-0.1, -0.05) is 0 Å². The van der Waals surface area contributed by atoms with E-state index in [-0.39, 0.29) is 6.04 Å². The molecule has 1 saturated heterocycles. The number of hydrogen-bond donors (Lipinski definition) is 3. The van der Waals surface area contributed by atoms with Gasteiger partial charge in [0, 0.05) is 19.6 Å². The molecular formula is C12H22N4O4. The normalized spacial score (nSPS) is 21.0. The summed E-state index contributed by atoms with van der Waals surface area (Å²) in [6.07, 6.45) is 1.45. The summed E-state index contributed by atoms with van der Waals surface area (Å²) in [5, 5.41) is 11.3. The van der Waals surface area contributed by atoms with Crippen molar-refractivity contribution in [2.24, 2.45) is 5.73 Å². The van der Waals surface area contributed by atoms with Crippen LogP contribution in [0.25, 0.3) is 0 Å². The number of likely N-dealkylation sites (tertiary alicyclic amines) is 1. The summed E-state index contributed by atoms with van der Waals surface area (Å²) in [6, 6.07) is -1.75. The van der Waals surface area contributed by atoms with Crippen LogP contribution in [0.4, 0.5) is 4.79 Å². The van der Waals surface area contributed by atoms with Crippen LogP contribution in [0.5, 0.6) is 0 Å². The zero-order chi connectivity index (χ0) is 15.3. The van der Waals surface area contributed by atoms with Crippen molar-refractivity contribution in [3.63, 3.8) is 0 Å². The van der Waals surface area contributed by atoms with Gasteiger partial charge in [-0.3, -0.25) is 4.79 Å². The van der Waals surface area contributed by atoms with Crippen LogP contribution in [0.3, 0.4) is 0 Å². The van der Waals surface area contributed by atoms with E-state index in [2.05, 4.69) is 10.2 Å². The summed E-state index contributed by atoms with van der Waals surface area (Å²) in [5.74, 6) is -2.04. The van der Waals surface area contributed by atoms with Crippen molar-refractivity contribution in [2.75, 3.05) is 27.2 Å². The van der Waals surface area contributed by atoms with E-state index in [1.54, 1.807) is 7.05 Å². The lowest BCUT2D eigenvalue weighted by Crippen LogP contribution is -2.54. The Hall–Kier alpha value is -1.83. The van der Waals surface area contributed by atoms with E-state index in [9.17, 15) is 14.4 Å². The Balaban J connectivity index is 2.58. The number of nitrogens with two attached hydrogens (primary N) is 1. The fourth-order valence-corrected chi connectivity index (χ4v) is 2.27. The first-order chi connectivity index (χ1) is 9.31. The molecule has 0 aliphatic carbocycles. The minimum absolute atomic E-state index is 0.0387. The number of nitrogens with one attached hydrogen (secondary N) is 1. The van der Waals surface area contributed by atoms with Gasteiger partial charge in [-0.25, -0.2) is 9.59 Å². The third-order valence-electron chi connectivity index (χ3n) is 3.47. The number of carbonyl (C=O) groups excluding carboxylic acids is 2. The number of rotatable bonds is 5. The first-order valence-corrected chi connectivity index (χ1v) is 6.54. The summed E-state index contributed by atoms with van der Waals surface area (Å²) in [5.41, 5.74) is 4.97. The van der Waals surface area contributed by atoms with Crippen molar-refractivity contribution in [1.29, 1.82) is 0 Å². The summed E-state index contributed by atoms with van der Waals surface area (Å²) < 4.78 is 0. The minimum atomic E-state index is -1.29. The summed E-state index contributed by atoms with van der Waals surface area (Å²) in [4.78, 5) is 37.4. The summed E-state index contributed by atoms with van der Waals surface area (Å²) in [6.45, 7) is 1.74. The van der Waals surface area contributed by atoms with Crippen molar-refractivity contribution >= 4 is 17.9 Å². The van der Waals surface area contributed by atoms with E-state index in [0.29, 0.717) is 0 Å². The largest absolute Gasteiger partial charge is 0.480 e. The standard InChI is InChI=1S/C12H22N4O4/c1-15-5-3-4-8(7-15)16(2)12(20)14-9(11(18)19)6-10(13)17/h8-9H,3-7H2,1-2H3,(H2,13,17)(H,14,20)(H,18,19)/t8?,9-/m0/s1. The van der Waals surface area contributed by atoms with E-state index < -0.39 is 30.4 Å². The number of urea groups is 1. The van der Waals surface area contributed by atoms with Crippen molar-refractivity contribution in [1.82, 2.24) is 15.1 Å². The molecule has 0 aromatic heterocycles. The molecule has 2 atom stereocenters. The molecule has 114 valence electrons. The fraction of sp³-hybridized carbons (Fsp3) is 0.750. The van der Waals surface area contributed by atoms with Crippen LogP contribution >= 0.6 is 0 Å². The zero-order valence-electron chi connectivity index (χ0n) is 11.8. The van der Waals surface area contributed by atoms with E-state index in [1.165, 1.54) is 4.90 Å². The third-order valence-corrected chi connectivity index (χ3v) is 3.47. The van der Waals surface area contributed by atoms with Gasteiger partial charge in [0.25, 0.3) is 0 Å². The highest BCUT2D eigenvalue weighted by Gasteiger charge is 2.28. The van der Waals surface area contributed by atoms with Crippen molar-refractivity contribution in [3.8, 4) is 0 Å². The topological polar surface area (TPSA) is 116 Å². The Labute approximate surface area is 117 Å². The van der Waals surface area contributed by atoms with Crippen LogP contribution in [0.1, 0.15) is 19.3 Å². The molecule has 20 heavy (non-hydrogen) atoms. The molecule has 1 fully saturated rings.